The van der Waals surface area contributed by atoms with Crippen LogP contribution in [0.3, 0.4) is 0 Å². The highest BCUT2D eigenvalue weighted by Crippen LogP contribution is 2.35. The summed E-state index contributed by atoms with van der Waals surface area (Å²) in [6.07, 6.45) is 0. The fraction of sp³-hybridized carbons (Fsp3) is 0.154. The molecule has 0 fully saturated rings. The number of nitrogens with zero attached hydrogens (tertiary/aromatic N) is 1. The zero-order chi connectivity index (χ0) is 24.4. The molecule has 0 unspecified atom stereocenters. The van der Waals surface area contributed by atoms with Gasteiger partial charge < -0.3 is 15.8 Å². The number of hydrogen-bond acceptors (Lipinski definition) is 6. The average Bonchev–Trinajstić information content (AvgIpc) is 3.14. The number of thiophene rings is 1. The summed E-state index contributed by atoms with van der Waals surface area (Å²) in [6, 6.07) is 16.9. The smallest absolute Gasteiger partial charge is 0.341 e. The van der Waals surface area contributed by atoms with Crippen molar-refractivity contribution in [2.75, 3.05) is 11.9 Å². The first kappa shape index (κ1) is 23.1. The van der Waals surface area contributed by atoms with E-state index in [-0.39, 0.29) is 22.0 Å². The van der Waals surface area contributed by atoms with Gasteiger partial charge in [-0.05, 0) is 44.0 Å². The van der Waals surface area contributed by atoms with Gasteiger partial charge in [-0.2, -0.15) is 0 Å². The maximum atomic E-state index is 13.5. The quantitative estimate of drug-likeness (QED) is 0.378. The SMILES string of the molecule is CCOC(=O)c1c(NC(=O)c2cc(-c3ccccc3C)nc3ccccc23)sc(C(N)=O)c1C. The molecule has 8 heteroatoms. The van der Waals surface area contributed by atoms with Crippen LogP contribution in [-0.4, -0.2) is 29.4 Å². The van der Waals surface area contributed by atoms with Crippen LogP contribution in [0.5, 0.6) is 0 Å². The van der Waals surface area contributed by atoms with Crippen molar-refractivity contribution in [2.24, 2.45) is 5.73 Å². The molecule has 0 aliphatic carbocycles. The molecule has 2 amide bonds. The number of nitrogens with one attached hydrogen (secondary N) is 1. The van der Waals surface area contributed by atoms with Gasteiger partial charge in [-0.1, -0.05) is 42.5 Å². The molecule has 4 aromatic rings. The lowest BCUT2D eigenvalue weighted by atomic mass is 10.0. The van der Waals surface area contributed by atoms with Gasteiger partial charge >= 0.3 is 5.97 Å². The number of primary amides is 1. The topological polar surface area (TPSA) is 111 Å². The Kier molecular flexibility index (Phi) is 6.43. The number of para-hydroxylation sites is 1. The van der Waals surface area contributed by atoms with Crippen LogP contribution in [-0.2, 0) is 4.74 Å². The van der Waals surface area contributed by atoms with Gasteiger partial charge in [0, 0.05) is 10.9 Å². The average molecular weight is 474 g/mol. The number of nitrogens with two attached hydrogens (primary N) is 1. The lowest BCUT2D eigenvalue weighted by molar-refractivity contribution is 0.0527. The van der Waals surface area contributed by atoms with Crippen LogP contribution in [0.4, 0.5) is 5.00 Å². The van der Waals surface area contributed by atoms with Crippen LogP contribution in [0.25, 0.3) is 22.2 Å². The molecule has 0 radical (unpaired) electrons. The minimum Gasteiger partial charge on any atom is -0.462 e. The largest absolute Gasteiger partial charge is 0.462 e. The van der Waals surface area contributed by atoms with Crippen molar-refractivity contribution in [3.05, 3.63) is 81.7 Å². The van der Waals surface area contributed by atoms with E-state index in [1.165, 1.54) is 0 Å². The number of rotatable bonds is 6. The number of aromatic nitrogens is 1. The van der Waals surface area contributed by atoms with Crippen molar-refractivity contribution in [1.82, 2.24) is 4.98 Å². The highest BCUT2D eigenvalue weighted by atomic mass is 32.1. The predicted molar refractivity (Wildman–Crippen MR) is 133 cm³/mol. The van der Waals surface area contributed by atoms with E-state index in [1.807, 2.05) is 55.5 Å². The van der Waals surface area contributed by atoms with Crippen LogP contribution in [0.15, 0.2) is 54.6 Å². The molecular formula is C26H23N3O4S. The highest BCUT2D eigenvalue weighted by Gasteiger charge is 2.26. The van der Waals surface area contributed by atoms with Gasteiger partial charge in [0.15, 0.2) is 0 Å². The Hall–Kier alpha value is -4.04. The summed E-state index contributed by atoms with van der Waals surface area (Å²) in [5.41, 5.74) is 9.66. The molecule has 0 aliphatic heterocycles. The van der Waals surface area contributed by atoms with Crippen LogP contribution in [0.2, 0.25) is 0 Å². The molecule has 0 saturated carbocycles. The number of amides is 2. The Balaban J connectivity index is 1.83. The van der Waals surface area contributed by atoms with E-state index >= 15 is 0 Å². The van der Waals surface area contributed by atoms with Gasteiger partial charge in [0.2, 0.25) is 0 Å². The first-order chi connectivity index (χ1) is 16.3. The van der Waals surface area contributed by atoms with Crippen molar-refractivity contribution in [1.29, 1.82) is 0 Å². The van der Waals surface area contributed by atoms with Crippen molar-refractivity contribution in [2.45, 2.75) is 20.8 Å². The molecule has 0 atom stereocenters. The number of fused-ring (bicyclic) bond motifs is 1. The van der Waals surface area contributed by atoms with Gasteiger partial charge in [-0.3, -0.25) is 9.59 Å². The number of esters is 1. The number of ether oxygens (including phenoxy) is 1. The Morgan fingerprint density at radius 3 is 2.47 bits per heavy atom. The molecule has 3 N–H and O–H groups in total. The molecule has 2 aromatic carbocycles. The highest BCUT2D eigenvalue weighted by molar-refractivity contribution is 7.18. The van der Waals surface area contributed by atoms with Gasteiger partial charge in [0.1, 0.15) is 5.00 Å². The number of anilines is 1. The van der Waals surface area contributed by atoms with Crippen molar-refractivity contribution < 1.29 is 19.1 Å². The molecule has 34 heavy (non-hydrogen) atoms. The standard InChI is InChI=1S/C26H23N3O4S/c1-4-33-26(32)21-15(3)22(23(27)30)34-25(21)29-24(31)18-13-20(16-10-6-5-9-14(16)2)28-19-12-8-7-11-17(18)19/h5-13H,4H2,1-3H3,(H2,27,30)(H,29,31). The second-order valence-corrected chi connectivity index (χ2v) is 8.71. The van der Waals surface area contributed by atoms with E-state index in [4.69, 9.17) is 15.5 Å². The van der Waals surface area contributed by atoms with Gasteiger partial charge in [0.05, 0.1) is 33.8 Å². The van der Waals surface area contributed by atoms with E-state index in [0.29, 0.717) is 27.7 Å². The fourth-order valence-electron chi connectivity index (χ4n) is 3.82. The molecule has 0 spiro atoms. The molecule has 0 saturated heterocycles. The van der Waals surface area contributed by atoms with E-state index in [1.54, 1.807) is 19.9 Å². The third kappa shape index (κ3) is 4.27. The first-order valence-electron chi connectivity index (χ1n) is 10.7. The number of hydrogen-bond donors (Lipinski definition) is 2. The molecule has 0 aliphatic rings. The molecule has 2 heterocycles. The molecule has 4 rings (SSSR count). The van der Waals surface area contributed by atoms with Crippen molar-refractivity contribution >= 4 is 45.0 Å². The lowest BCUT2D eigenvalue weighted by Crippen LogP contribution is -2.16. The van der Waals surface area contributed by atoms with E-state index < -0.39 is 17.8 Å². The van der Waals surface area contributed by atoms with E-state index in [2.05, 4.69) is 5.32 Å². The molecular weight excluding hydrogens is 450 g/mol. The molecule has 172 valence electrons. The maximum absolute atomic E-state index is 13.5. The zero-order valence-corrected chi connectivity index (χ0v) is 19.8. The van der Waals surface area contributed by atoms with Crippen molar-refractivity contribution in [3.63, 3.8) is 0 Å². The minimum atomic E-state index is -0.676. The second kappa shape index (κ2) is 9.44. The third-order valence-corrected chi connectivity index (χ3v) is 6.68. The Morgan fingerprint density at radius 2 is 1.76 bits per heavy atom. The second-order valence-electron chi connectivity index (χ2n) is 7.69. The van der Waals surface area contributed by atoms with E-state index in [0.717, 1.165) is 22.5 Å². The summed E-state index contributed by atoms with van der Waals surface area (Å²) >= 11 is 0.957. The normalized spacial score (nSPS) is 10.8. The number of carbonyl (C=O) groups excluding carboxylic acids is 3. The van der Waals surface area contributed by atoms with Crippen LogP contribution >= 0.6 is 11.3 Å². The Morgan fingerprint density at radius 1 is 1.06 bits per heavy atom. The summed E-state index contributed by atoms with van der Waals surface area (Å²) in [6.45, 7) is 5.43. The molecule has 7 nitrogen and oxygen atoms in total. The number of pyridine rings is 1. The Labute approximate surface area is 200 Å². The van der Waals surface area contributed by atoms with E-state index in [9.17, 15) is 14.4 Å². The summed E-state index contributed by atoms with van der Waals surface area (Å²) in [5.74, 6) is -1.74. The minimum absolute atomic E-state index is 0.131. The summed E-state index contributed by atoms with van der Waals surface area (Å²) in [7, 11) is 0. The lowest BCUT2D eigenvalue weighted by Gasteiger charge is -2.12. The van der Waals surface area contributed by atoms with Crippen LogP contribution < -0.4 is 11.1 Å². The monoisotopic (exact) mass is 473 g/mol. The summed E-state index contributed by atoms with van der Waals surface area (Å²) < 4.78 is 5.14. The molecule has 2 aromatic heterocycles. The first-order valence-corrected chi connectivity index (χ1v) is 11.5. The maximum Gasteiger partial charge on any atom is 0.341 e. The van der Waals surface area contributed by atoms with Gasteiger partial charge in [0.25, 0.3) is 11.8 Å². The number of benzene rings is 2. The fourth-order valence-corrected chi connectivity index (χ4v) is 4.86. The predicted octanol–water partition coefficient (Wildman–Crippen LogP) is 5.11. The zero-order valence-electron chi connectivity index (χ0n) is 19.0. The number of aryl methyl sites for hydroxylation is 1. The summed E-state index contributed by atoms with van der Waals surface area (Å²) in [4.78, 5) is 43.0. The number of carbonyl (C=O) groups is 3. The van der Waals surface area contributed by atoms with Gasteiger partial charge in [-0.15, -0.1) is 11.3 Å². The van der Waals surface area contributed by atoms with Gasteiger partial charge in [-0.25, -0.2) is 9.78 Å². The van der Waals surface area contributed by atoms with Crippen molar-refractivity contribution in [3.8, 4) is 11.3 Å². The third-order valence-electron chi connectivity index (χ3n) is 5.46. The summed E-state index contributed by atoms with van der Waals surface area (Å²) in [5, 5.41) is 3.69. The Bertz CT molecular complexity index is 1440. The molecule has 0 bridgehead atoms. The van der Waals surface area contributed by atoms with Crippen LogP contribution in [0.1, 0.15) is 48.4 Å². The van der Waals surface area contributed by atoms with Crippen LogP contribution in [0, 0.1) is 13.8 Å².